The summed E-state index contributed by atoms with van der Waals surface area (Å²) in [4.78, 5) is 13.2. The topological polar surface area (TPSA) is 105 Å². The number of carbonyl (C=O) groups is 1. The third kappa shape index (κ3) is 6.65. The van der Waals surface area contributed by atoms with Crippen LogP contribution in [-0.4, -0.2) is 37.3 Å². The Kier molecular flexibility index (Phi) is 8.71. The predicted molar refractivity (Wildman–Crippen MR) is 168 cm³/mol. The summed E-state index contributed by atoms with van der Waals surface area (Å²) in [6.45, 7) is 9.46. The number of benzene rings is 3. The maximum absolute atomic E-state index is 14.9. The van der Waals surface area contributed by atoms with Crippen LogP contribution >= 0.6 is 0 Å². The Morgan fingerprint density at radius 3 is 2.30 bits per heavy atom. The minimum absolute atomic E-state index is 0.265. The monoisotopic (exact) mass is 603 g/mol. The number of nitrogens with zero attached hydrogens (tertiary/aromatic N) is 2. The van der Waals surface area contributed by atoms with Crippen molar-refractivity contribution in [3.63, 3.8) is 0 Å². The number of para-hydroxylation sites is 1. The molecule has 226 valence electrons. The number of piperidine rings is 1. The second-order valence-corrected chi connectivity index (χ2v) is 14.1. The first-order valence-corrected chi connectivity index (χ1v) is 16.0. The van der Waals surface area contributed by atoms with Crippen LogP contribution in [0.3, 0.4) is 0 Å². The highest BCUT2D eigenvalue weighted by Crippen LogP contribution is 2.42. The van der Waals surface area contributed by atoms with Crippen LogP contribution in [0.25, 0.3) is 5.69 Å². The lowest BCUT2D eigenvalue weighted by Gasteiger charge is -2.32. The second-order valence-electron chi connectivity index (χ2n) is 12.1. The summed E-state index contributed by atoms with van der Waals surface area (Å²) >= 11 is 0. The molecule has 8 nitrogen and oxygen atoms in total. The van der Waals surface area contributed by atoms with Gasteiger partial charge in [0.25, 0.3) is 0 Å². The van der Waals surface area contributed by atoms with Crippen LogP contribution in [0.4, 0.5) is 20.7 Å². The van der Waals surface area contributed by atoms with E-state index in [1.165, 1.54) is 18.2 Å². The number of halogens is 1. The number of hydrogen-bond donors (Lipinski definition) is 3. The molecular weight excluding hydrogens is 565 g/mol. The van der Waals surface area contributed by atoms with Gasteiger partial charge < -0.3 is 10.6 Å². The zero-order valence-corrected chi connectivity index (χ0v) is 25.7. The lowest BCUT2D eigenvalue weighted by atomic mass is 9.89. The molecule has 0 bridgehead atoms. The highest BCUT2D eigenvalue weighted by molar-refractivity contribution is 7.91. The molecule has 1 aromatic heterocycles. The molecule has 10 heteroatoms. The SMILES string of the molecule is Cc1ccc(-n2nc(C(C)(C)C)cc2NC(=O)Nc2ccccc2C(C2CCNCC2)S(=O)(=O)c2ccccc2F)cc1. The van der Waals surface area contributed by atoms with Gasteiger partial charge in [-0.1, -0.05) is 68.8 Å². The third-order valence-corrected chi connectivity index (χ3v) is 10.1. The molecule has 1 aliphatic rings. The van der Waals surface area contributed by atoms with Crippen LogP contribution in [0.5, 0.6) is 0 Å². The van der Waals surface area contributed by atoms with E-state index in [1.807, 2.05) is 58.0 Å². The van der Waals surface area contributed by atoms with Gasteiger partial charge in [0.15, 0.2) is 9.84 Å². The first kappa shape index (κ1) is 30.4. The Labute approximate surface area is 252 Å². The molecular formula is C33H38FN5O3S. The van der Waals surface area contributed by atoms with Crippen molar-refractivity contribution in [3.8, 4) is 5.69 Å². The Balaban J connectivity index is 1.50. The van der Waals surface area contributed by atoms with E-state index in [4.69, 9.17) is 5.10 Å². The van der Waals surface area contributed by atoms with Crippen LogP contribution in [0.1, 0.15) is 55.7 Å². The van der Waals surface area contributed by atoms with E-state index in [-0.39, 0.29) is 16.2 Å². The van der Waals surface area contributed by atoms with Gasteiger partial charge in [-0.2, -0.15) is 5.10 Å². The maximum atomic E-state index is 14.9. The van der Waals surface area contributed by atoms with Crippen LogP contribution in [0.2, 0.25) is 0 Å². The van der Waals surface area contributed by atoms with Crippen molar-refractivity contribution < 1.29 is 17.6 Å². The van der Waals surface area contributed by atoms with Gasteiger partial charge in [-0.3, -0.25) is 5.32 Å². The molecule has 0 aliphatic carbocycles. The quantitative estimate of drug-likeness (QED) is 0.216. The molecule has 5 rings (SSSR count). The predicted octanol–water partition coefficient (Wildman–Crippen LogP) is 6.78. The number of aryl methyl sites for hydroxylation is 1. The van der Waals surface area contributed by atoms with E-state index < -0.39 is 26.9 Å². The van der Waals surface area contributed by atoms with Crippen molar-refractivity contribution in [1.29, 1.82) is 0 Å². The van der Waals surface area contributed by atoms with E-state index in [0.29, 0.717) is 43.0 Å². The number of anilines is 2. The van der Waals surface area contributed by atoms with Crippen molar-refractivity contribution in [2.45, 2.75) is 56.1 Å². The molecule has 0 radical (unpaired) electrons. The Bertz CT molecular complexity index is 1710. The Hall–Kier alpha value is -4.02. The Morgan fingerprint density at radius 2 is 1.63 bits per heavy atom. The summed E-state index contributed by atoms with van der Waals surface area (Å²) in [5.74, 6) is -0.588. The molecule has 2 heterocycles. The lowest BCUT2D eigenvalue weighted by Crippen LogP contribution is -2.34. The van der Waals surface area contributed by atoms with Gasteiger partial charge in [0, 0.05) is 17.2 Å². The average molecular weight is 604 g/mol. The van der Waals surface area contributed by atoms with Gasteiger partial charge in [-0.15, -0.1) is 0 Å². The molecule has 43 heavy (non-hydrogen) atoms. The van der Waals surface area contributed by atoms with Gasteiger partial charge in [0.05, 0.1) is 16.6 Å². The number of nitrogens with one attached hydrogen (secondary N) is 3. The van der Waals surface area contributed by atoms with Crippen molar-refractivity contribution in [2.75, 3.05) is 23.7 Å². The second kappa shape index (κ2) is 12.3. The molecule has 3 N–H and O–H groups in total. The first-order valence-electron chi connectivity index (χ1n) is 14.5. The lowest BCUT2D eigenvalue weighted by molar-refractivity contribution is 0.262. The first-order chi connectivity index (χ1) is 20.4. The largest absolute Gasteiger partial charge is 0.324 e. The minimum atomic E-state index is -4.15. The van der Waals surface area contributed by atoms with Crippen LogP contribution < -0.4 is 16.0 Å². The number of hydrogen-bond acceptors (Lipinski definition) is 5. The number of sulfone groups is 1. The summed E-state index contributed by atoms with van der Waals surface area (Å²) in [5, 5.41) is 12.8. The van der Waals surface area contributed by atoms with E-state index in [1.54, 1.807) is 28.9 Å². The van der Waals surface area contributed by atoms with Crippen LogP contribution in [0.15, 0.2) is 83.8 Å². The van der Waals surface area contributed by atoms with Crippen molar-refractivity contribution in [1.82, 2.24) is 15.1 Å². The van der Waals surface area contributed by atoms with Gasteiger partial charge in [-0.05, 0) is 74.7 Å². The molecule has 0 saturated carbocycles. The maximum Gasteiger partial charge on any atom is 0.324 e. The minimum Gasteiger partial charge on any atom is -0.317 e. The van der Waals surface area contributed by atoms with Crippen molar-refractivity contribution in [2.24, 2.45) is 5.92 Å². The highest BCUT2D eigenvalue weighted by atomic mass is 32.2. The van der Waals surface area contributed by atoms with E-state index in [0.717, 1.165) is 23.0 Å². The van der Waals surface area contributed by atoms with Gasteiger partial charge in [0.2, 0.25) is 0 Å². The summed E-state index contributed by atoms with van der Waals surface area (Å²) < 4.78 is 44.8. The average Bonchev–Trinajstić information content (AvgIpc) is 3.39. The van der Waals surface area contributed by atoms with E-state index in [9.17, 15) is 17.6 Å². The fourth-order valence-corrected chi connectivity index (χ4v) is 7.68. The number of aromatic nitrogens is 2. The number of rotatable bonds is 7. The van der Waals surface area contributed by atoms with E-state index in [2.05, 4.69) is 16.0 Å². The summed E-state index contributed by atoms with van der Waals surface area (Å²) in [7, 11) is -4.15. The standard InChI is InChI=1S/C33H38FN5O3S/c1-22-13-15-24(16-14-22)39-30(21-29(38-39)33(2,3)4)37-32(40)36-27-11-7-5-9-25(27)31(23-17-19-35-20-18-23)43(41,42)28-12-8-6-10-26(28)34/h5-16,21,23,31,35H,17-20H2,1-4H3,(H2,36,37,40). The molecule has 4 aromatic rings. The molecule has 1 aliphatic heterocycles. The number of carbonyl (C=O) groups excluding carboxylic acids is 1. The molecule has 1 fully saturated rings. The zero-order valence-electron chi connectivity index (χ0n) is 24.9. The van der Waals surface area contributed by atoms with Crippen LogP contribution in [0, 0.1) is 18.7 Å². The summed E-state index contributed by atoms with van der Waals surface area (Å²) in [5.41, 5.74) is 3.20. The molecule has 1 saturated heterocycles. The van der Waals surface area contributed by atoms with Gasteiger partial charge >= 0.3 is 6.03 Å². The summed E-state index contributed by atoms with van der Waals surface area (Å²) in [6.07, 6.45) is 1.20. The third-order valence-electron chi connectivity index (χ3n) is 7.80. The van der Waals surface area contributed by atoms with E-state index >= 15 is 0 Å². The number of urea groups is 1. The summed E-state index contributed by atoms with van der Waals surface area (Å²) in [6, 6.07) is 21.4. The van der Waals surface area contributed by atoms with Gasteiger partial charge in [0.1, 0.15) is 16.5 Å². The molecule has 3 aromatic carbocycles. The van der Waals surface area contributed by atoms with Crippen molar-refractivity contribution >= 4 is 27.4 Å². The molecule has 0 spiro atoms. The van der Waals surface area contributed by atoms with Gasteiger partial charge in [-0.25, -0.2) is 22.3 Å². The molecule has 1 unspecified atom stereocenters. The van der Waals surface area contributed by atoms with Crippen molar-refractivity contribution in [3.05, 3.63) is 102 Å². The smallest absolute Gasteiger partial charge is 0.317 e. The number of amides is 2. The Morgan fingerprint density at radius 1 is 0.977 bits per heavy atom. The normalized spacial score (nSPS) is 15.2. The molecule has 2 amide bonds. The zero-order chi connectivity index (χ0) is 30.8. The fraction of sp³-hybridized carbons (Fsp3) is 0.333. The van der Waals surface area contributed by atoms with Crippen LogP contribution in [-0.2, 0) is 15.3 Å². The highest BCUT2D eigenvalue weighted by Gasteiger charge is 2.39. The molecule has 1 atom stereocenters. The fourth-order valence-electron chi connectivity index (χ4n) is 5.48.